The number of aromatic hydroxyl groups is 1. The van der Waals surface area contributed by atoms with Crippen LogP contribution in [0.4, 0.5) is 18.0 Å². The van der Waals surface area contributed by atoms with Crippen molar-refractivity contribution in [3.05, 3.63) is 34.2 Å². The van der Waals surface area contributed by atoms with Crippen molar-refractivity contribution >= 4 is 29.0 Å². The van der Waals surface area contributed by atoms with Gasteiger partial charge in [0, 0.05) is 6.54 Å². The Morgan fingerprint density at radius 1 is 1.25 bits per heavy atom. The van der Waals surface area contributed by atoms with Crippen LogP contribution in [0.1, 0.15) is 44.2 Å². The lowest BCUT2D eigenvalue weighted by Gasteiger charge is -2.16. The van der Waals surface area contributed by atoms with Gasteiger partial charge in [0.1, 0.15) is 5.75 Å². The summed E-state index contributed by atoms with van der Waals surface area (Å²) in [6, 6.07) is 5.05. The molecule has 1 saturated heterocycles. The molecule has 0 atom stereocenters. The van der Waals surface area contributed by atoms with Gasteiger partial charge in [0.2, 0.25) is 0 Å². The highest BCUT2D eigenvalue weighted by Crippen LogP contribution is 2.38. The Morgan fingerprint density at radius 3 is 2.54 bits per heavy atom. The normalized spacial score (nSPS) is 16.7. The summed E-state index contributed by atoms with van der Waals surface area (Å²) < 4.78 is 38.7. The van der Waals surface area contributed by atoms with Gasteiger partial charge in [0.25, 0.3) is 11.1 Å². The van der Waals surface area contributed by atoms with Crippen molar-refractivity contribution in [2.75, 3.05) is 6.54 Å². The first-order chi connectivity index (χ1) is 12.9. The van der Waals surface area contributed by atoms with E-state index >= 15 is 0 Å². The zero-order valence-corrected chi connectivity index (χ0v) is 16.2. The number of nitriles is 1. The number of phenols is 1. The van der Waals surface area contributed by atoms with E-state index < -0.39 is 34.1 Å². The number of benzene rings is 1. The minimum absolute atomic E-state index is 0.0289. The largest absolute Gasteiger partial charge is 0.507 e. The number of hydrogen-bond donors (Lipinski definition) is 1. The number of imide groups is 1. The molecule has 0 unspecified atom stereocenters. The molecule has 0 spiro atoms. The molecule has 1 aromatic carbocycles. The number of halogens is 3. The smallest absolute Gasteiger partial charge is 0.419 e. The fourth-order valence-corrected chi connectivity index (χ4v) is 3.47. The van der Waals surface area contributed by atoms with Crippen LogP contribution in [0.15, 0.2) is 23.1 Å². The Kier molecular flexibility index (Phi) is 6.44. The number of nitrogens with zero attached hydrogens (tertiary/aromatic N) is 2. The molecule has 0 aromatic heterocycles. The van der Waals surface area contributed by atoms with Crippen LogP contribution >= 0.6 is 11.8 Å². The third-order valence-electron chi connectivity index (χ3n) is 4.23. The maximum Gasteiger partial charge on any atom is 0.419 e. The van der Waals surface area contributed by atoms with Gasteiger partial charge in [-0.3, -0.25) is 14.5 Å². The summed E-state index contributed by atoms with van der Waals surface area (Å²) in [5.41, 5.74) is -1.62. The number of unbranched alkanes of at least 4 members (excludes halogenated alkanes) is 1. The highest BCUT2D eigenvalue weighted by Gasteiger charge is 2.36. The highest BCUT2D eigenvalue weighted by molar-refractivity contribution is 8.18. The molecule has 5 nitrogen and oxygen atoms in total. The topological polar surface area (TPSA) is 81.4 Å². The predicted octanol–water partition coefficient (Wildman–Crippen LogP) is 5.17. The maximum absolute atomic E-state index is 12.9. The van der Waals surface area contributed by atoms with E-state index in [9.17, 15) is 27.9 Å². The van der Waals surface area contributed by atoms with E-state index in [-0.39, 0.29) is 17.0 Å². The van der Waals surface area contributed by atoms with Crippen molar-refractivity contribution in [2.45, 2.75) is 39.3 Å². The Bertz CT molecular complexity index is 857. The Morgan fingerprint density at radius 2 is 1.93 bits per heavy atom. The van der Waals surface area contributed by atoms with Gasteiger partial charge in [0.15, 0.2) is 0 Å². The molecule has 9 heteroatoms. The first-order valence-electron chi connectivity index (χ1n) is 8.51. The van der Waals surface area contributed by atoms with E-state index in [0.717, 1.165) is 17.0 Å². The van der Waals surface area contributed by atoms with Crippen LogP contribution in [-0.4, -0.2) is 27.7 Å². The number of thioether (sulfide) groups is 1. The van der Waals surface area contributed by atoms with Crippen molar-refractivity contribution < 1.29 is 27.9 Å². The Labute approximate surface area is 164 Å². The lowest BCUT2D eigenvalue weighted by atomic mass is 9.89. The number of carbonyl (C=O) groups is 2. The van der Waals surface area contributed by atoms with Gasteiger partial charge in [-0.2, -0.15) is 18.4 Å². The van der Waals surface area contributed by atoms with Crippen molar-refractivity contribution in [3.8, 4) is 11.8 Å². The molecule has 0 saturated carbocycles. The van der Waals surface area contributed by atoms with Crippen LogP contribution in [-0.2, 0) is 11.0 Å². The molecule has 1 aromatic rings. The van der Waals surface area contributed by atoms with Gasteiger partial charge in [0.05, 0.1) is 22.0 Å². The van der Waals surface area contributed by atoms with Crippen LogP contribution in [0, 0.1) is 16.7 Å². The quantitative estimate of drug-likeness (QED) is 0.515. The van der Waals surface area contributed by atoms with E-state index in [1.165, 1.54) is 12.1 Å². The van der Waals surface area contributed by atoms with Gasteiger partial charge in [-0.15, -0.1) is 0 Å². The maximum atomic E-state index is 12.9. The Hall–Kier alpha value is -2.47. The summed E-state index contributed by atoms with van der Waals surface area (Å²) in [6.07, 6.45) is -1.70. The minimum atomic E-state index is -4.73. The summed E-state index contributed by atoms with van der Waals surface area (Å²) >= 11 is 0.665. The van der Waals surface area contributed by atoms with Crippen LogP contribution in [0.2, 0.25) is 0 Å². The molecule has 2 rings (SSSR count). The van der Waals surface area contributed by atoms with Gasteiger partial charge >= 0.3 is 6.18 Å². The van der Waals surface area contributed by atoms with E-state index in [1.54, 1.807) is 0 Å². The predicted molar refractivity (Wildman–Crippen MR) is 99.0 cm³/mol. The fourth-order valence-electron chi connectivity index (χ4n) is 2.61. The SMILES string of the molecule is CC(C)(C#N)CCCCN1C(=O)S/C(=C\c2ccc(O)c(C(F)(F)F)c2)C1=O. The van der Waals surface area contributed by atoms with Gasteiger partial charge in [-0.25, -0.2) is 0 Å². The molecular formula is C19H19F3N2O3S. The van der Waals surface area contributed by atoms with Crippen molar-refractivity contribution in [1.29, 1.82) is 5.26 Å². The van der Waals surface area contributed by atoms with Crippen LogP contribution in [0.25, 0.3) is 6.08 Å². The molecule has 2 amide bonds. The van der Waals surface area contributed by atoms with Gasteiger partial charge < -0.3 is 5.11 Å². The number of rotatable bonds is 6. The third kappa shape index (κ3) is 5.29. The summed E-state index contributed by atoms with van der Waals surface area (Å²) in [7, 11) is 0. The molecule has 0 aliphatic carbocycles. The average Bonchev–Trinajstić information content (AvgIpc) is 2.86. The summed E-state index contributed by atoms with van der Waals surface area (Å²) in [4.78, 5) is 25.6. The molecule has 0 bridgehead atoms. The second-order valence-electron chi connectivity index (χ2n) is 7.06. The highest BCUT2D eigenvalue weighted by atomic mass is 32.2. The standard InChI is InChI=1S/C19H19F3N2O3S/c1-18(2,11-23)7-3-4-8-24-16(26)15(28-17(24)27)10-12-5-6-14(25)13(9-12)19(20,21)22/h5-6,9-10,25H,3-4,7-8H2,1-2H3/b15-10-. The average molecular weight is 412 g/mol. The van der Waals surface area contributed by atoms with Crippen molar-refractivity contribution in [2.24, 2.45) is 5.41 Å². The summed E-state index contributed by atoms with van der Waals surface area (Å²) in [6.45, 7) is 3.80. The monoisotopic (exact) mass is 412 g/mol. The van der Waals surface area contributed by atoms with Crippen molar-refractivity contribution in [3.63, 3.8) is 0 Å². The second-order valence-corrected chi connectivity index (χ2v) is 8.05. The minimum Gasteiger partial charge on any atom is -0.507 e. The first kappa shape index (κ1) is 21.8. The van der Waals surface area contributed by atoms with E-state index in [2.05, 4.69) is 6.07 Å². The molecule has 1 aliphatic rings. The van der Waals surface area contributed by atoms with Gasteiger partial charge in [-0.05, 0) is 62.2 Å². The lowest BCUT2D eigenvalue weighted by Crippen LogP contribution is -2.29. The molecule has 0 radical (unpaired) electrons. The second kappa shape index (κ2) is 8.27. The van der Waals surface area contributed by atoms with Crippen LogP contribution in [0.5, 0.6) is 5.75 Å². The van der Waals surface area contributed by atoms with E-state index in [4.69, 9.17) is 5.26 Å². The zero-order valence-electron chi connectivity index (χ0n) is 15.3. The first-order valence-corrected chi connectivity index (χ1v) is 9.33. The number of hydrogen-bond acceptors (Lipinski definition) is 5. The number of amides is 2. The zero-order chi connectivity index (χ0) is 21.1. The van der Waals surface area contributed by atoms with Crippen molar-refractivity contribution in [1.82, 2.24) is 4.90 Å². The van der Waals surface area contributed by atoms with Crippen LogP contribution < -0.4 is 0 Å². The molecule has 1 heterocycles. The number of phenolic OH excluding ortho intramolecular Hbond substituents is 1. The molecule has 1 aliphatic heterocycles. The molecule has 1 N–H and O–H groups in total. The summed E-state index contributed by atoms with van der Waals surface area (Å²) in [5.74, 6) is -1.46. The summed E-state index contributed by atoms with van der Waals surface area (Å²) in [5, 5.41) is 17.9. The molecule has 150 valence electrons. The number of carbonyl (C=O) groups excluding carboxylic acids is 2. The van der Waals surface area contributed by atoms with Gasteiger partial charge in [-0.1, -0.05) is 12.5 Å². The fraction of sp³-hybridized carbons (Fsp3) is 0.421. The molecular weight excluding hydrogens is 393 g/mol. The molecule has 28 heavy (non-hydrogen) atoms. The van der Waals surface area contributed by atoms with E-state index in [0.29, 0.717) is 31.0 Å². The Balaban J connectivity index is 2.08. The molecule has 1 fully saturated rings. The number of alkyl halides is 3. The third-order valence-corrected chi connectivity index (χ3v) is 5.14. The van der Waals surface area contributed by atoms with Crippen LogP contribution in [0.3, 0.4) is 0 Å². The lowest BCUT2D eigenvalue weighted by molar-refractivity contribution is -0.138. The van der Waals surface area contributed by atoms with E-state index in [1.807, 2.05) is 13.8 Å².